The Balaban J connectivity index is 1.69. The van der Waals surface area contributed by atoms with Crippen LogP contribution in [0.15, 0.2) is 42.5 Å². The minimum atomic E-state index is -0.387. The van der Waals surface area contributed by atoms with E-state index in [4.69, 9.17) is 14.2 Å². The monoisotopic (exact) mass is 327 g/mol. The molecule has 0 saturated heterocycles. The Morgan fingerprint density at radius 1 is 1.00 bits per heavy atom. The lowest BCUT2D eigenvalue weighted by molar-refractivity contribution is 0.0526. The van der Waals surface area contributed by atoms with Crippen LogP contribution in [0.3, 0.4) is 0 Å². The first kappa shape index (κ1) is 15.9. The largest absolute Gasteiger partial charge is 0.486 e. The van der Waals surface area contributed by atoms with Crippen molar-refractivity contribution < 1.29 is 23.8 Å². The molecule has 1 N–H and O–H groups in total. The molecule has 2 aromatic carbocycles. The smallest absolute Gasteiger partial charge is 0.338 e. The van der Waals surface area contributed by atoms with Crippen LogP contribution in [0, 0.1) is 0 Å². The molecule has 0 spiro atoms. The van der Waals surface area contributed by atoms with Gasteiger partial charge in [0.2, 0.25) is 0 Å². The van der Waals surface area contributed by atoms with Crippen molar-refractivity contribution in [2.45, 2.75) is 6.92 Å². The minimum Gasteiger partial charge on any atom is -0.486 e. The molecule has 0 unspecified atom stereocenters. The van der Waals surface area contributed by atoms with Gasteiger partial charge in [-0.05, 0) is 49.4 Å². The van der Waals surface area contributed by atoms with Gasteiger partial charge in [-0.15, -0.1) is 0 Å². The third-order valence-electron chi connectivity index (χ3n) is 3.46. The summed E-state index contributed by atoms with van der Waals surface area (Å²) in [7, 11) is 0. The standard InChI is InChI=1S/C18H17NO5/c1-2-22-18(21)12-3-6-14(7-4-12)19-17(20)13-5-8-15-16(11-13)24-10-9-23-15/h3-8,11H,2,9-10H2,1H3,(H,19,20). The van der Waals surface area contributed by atoms with E-state index in [2.05, 4.69) is 5.32 Å². The molecule has 1 heterocycles. The Kier molecular flexibility index (Phi) is 4.65. The summed E-state index contributed by atoms with van der Waals surface area (Å²) in [4.78, 5) is 23.9. The molecule has 6 nitrogen and oxygen atoms in total. The van der Waals surface area contributed by atoms with Crippen molar-refractivity contribution in [3.8, 4) is 11.5 Å². The third-order valence-corrected chi connectivity index (χ3v) is 3.46. The van der Waals surface area contributed by atoms with E-state index in [0.717, 1.165) is 0 Å². The molecule has 24 heavy (non-hydrogen) atoms. The molecule has 3 rings (SSSR count). The summed E-state index contributed by atoms with van der Waals surface area (Å²) in [5, 5.41) is 2.78. The fraction of sp³-hybridized carbons (Fsp3) is 0.222. The lowest BCUT2D eigenvalue weighted by Gasteiger charge is -2.18. The van der Waals surface area contributed by atoms with Gasteiger partial charge >= 0.3 is 5.97 Å². The molecule has 0 fully saturated rings. The molecule has 2 aromatic rings. The molecule has 1 amide bonds. The van der Waals surface area contributed by atoms with Crippen LogP contribution in [0.25, 0.3) is 0 Å². The topological polar surface area (TPSA) is 73.9 Å². The van der Waals surface area contributed by atoms with E-state index < -0.39 is 0 Å². The summed E-state index contributed by atoms with van der Waals surface area (Å²) in [6.45, 7) is 3.04. The maximum atomic E-state index is 12.3. The van der Waals surface area contributed by atoms with E-state index >= 15 is 0 Å². The molecular formula is C18H17NO5. The highest BCUT2D eigenvalue weighted by molar-refractivity contribution is 6.04. The van der Waals surface area contributed by atoms with Crippen molar-refractivity contribution in [1.29, 1.82) is 0 Å². The van der Waals surface area contributed by atoms with Crippen molar-refractivity contribution >= 4 is 17.6 Å². The van der Waals surface area contributed by atoms with Crippen molar-refractivity contribution in [1.82, 2.24) is 0 Å². The molecule has 0 bridgehead atoms. The van der Waals surface area contributed by atoms with Gasteiger partial charge in [0.15, 0.2) is 11.5 Å². The summed E-state index contributed by atoms with van der Waals surface area (Å²) < 4.78 is 15.8. The lowest BCUT2D eigenvalue weighted by atomic mass is 10.1. The summed E-state index contributed by atoms with van der Waals surface area (Å²) in [5.41, 5.74) is 1.49. The van der Waals surface area contributed by atoms with Crippen LogP contribution in [0.1, 0.15) is 27.6 Å². The quantitative estimate of drug-likeness (QED) is 0.874. The van der Waals surface area contributed by atoms with E-state index in [0.29, 0.717) is 48.1 Å². The van der Waals surface area contributed by atoms with Crippen molar-refractivity contribution in [2.24, 2.45) is 0 Å². The first-order valence-corrected chi connectivity index (χ1v) is 7.65. The van der Waals surface area contributed by atoms with E-state index in [1.54, 1.807) is 49.4 Å². The summed E-state index contributed by atoms with van der Waals surface area (Å²) in [6, 6.07) is 11.6. The molecule has 0 atom stereocenters. The highest BCUT2D eigenvalue weighted by atomic mass is 16.6. The summed E-state index contributed by atoms with van der Waals surface area (Å²) >= 11 is 0. The lowest BCUT2D eigenvalue weighted by Crippen LogP contribution is -2.17. The zero-order valence-corrected chi connectivity index (χ0v) is 13.2. The van der Waals surface area contributed by atoms with E-state index in [1.165, 1.54) is 0 Å². The minimum absolute atomic E-state index is 0.268. The fourth-order valence-electron chi connectivity index (χ4n) is 2.29. The number of hydrogen-bond acceptors (Lipinski definition) is 5. The number of anilines is 1. The van der Waals surface area contributed by atoms with Crippen LogP contribution in [0.2, 0.25) is 0 Å². The van der Waals surface area contributed by atoms with Crippen LogP contribution in [0.5, 0.6) is 11.5 Å². The number of ether oxygens (including phenoxy) is 3. The Hall–Kier alpha value is -3.02. The number of nitrogens with one attached hydrogen (secondary N) is 1. The maximum absolute atomic E-state index is 12.3. The zero-order chi connectivity index (χ0) is 16.9. The maximum Gasteiger partial charge on any atom is 0.338 e. The van der Waals surface area contributed by atoms with Crippen LogP contribution in [0.4, 0.5) is 5.69 Å². The number of amides is 1. The normalized spacial score (nSPS) is 12.4. The molecule has 1 aliphatic heterocycles. The molecule has 124 valence electrons. The second-order valence-corrected chi connectivity index (χ2v) is 5.11. The third kappa shape index (κ3) is 3.48. The number of benzene rings is 2. The van der Waals surface area contributed by atoms with Gasteiger partial charge in [0.1, 0.15) is 13.2 Å². The molecule has 0 saturated carbocycles. The zero-order valence-electron chi connectivity index (χ0n) is 13.2. The van der Waals surface area contributed by atoms with E-state index in [1.807, 2.05) is 0 Å². The second kappa shape index (κ2) is 7.04. The number of carbonyl (C=O) groups is 2. The first-order valence-electron chi connectivity index (χ1n) is 7.65. The van der Waals surface area contributed by atoms with Crippen LogP contribution in [-0.2, 0) is 4.74 Å². The predicted octanol–water partition coefficient (Wildman–Crippen LogP) is 2.89. The van der Waals surface area contributed by atoms with Gasteiger partial charge in [-0.2, -0.15) is 0 Å². The van der Waals surface area contributed by atoms with Gasteiger partial charge in [0.05, 0.1) is 12.2 Å². The molecule has 1 aliphatic rings. The van der Waals surface area contributed by atoms with Gasteiger partial charge in [-0.1, -0.05) is 0 Å². The number of hydrogen-bond donors (Lipinski definition) is 1. The highest BCUT2D eigenvalue weighted by Crippen LogP contribution is 2.30. The van der Waals surface area contributed by atoms with E-state index in [-0.39, 0.29) is 11.9 Å². The van der Waals surface area contributed by atoms with Crippen LogP contribution >= 0.6 is 0 Å². The Morgan fingerprint density at radius 2 is 1.67 bits per heavy atom. The van der Waals surface area contributed by atoms with Crippen LogP contribution in [-0.4, -0.2) is 31.7 Å². The number of esters is 1. The Bertz CT molecular complexity index is 755. The van der Waals surface area contributed by atoms with Gasteiger partial charge < -0.3 is 19.5 Å². The first-order chi connectivity index (χ1) is 11.7. The number of rotatable bonds is 4. The van der Waals surface area contributed by atoms with Gasteiger partial charge in [0.25, 0.3) is 5.91 Å². The molecule has 0 aliphatic carbocycles. The molecular weight excluding hydrogens is 310 g/mol. The number of carbonyl (C=O) groups excluding carboxylic acids is 2. The SMILES string of the molecule is CCOC(=O)c1ccc(NC(=O)c2ccc3c(c2)OCCO3)cc1. The fourth-order valence-corrected chi connectivity index (χ4v) is 2.29. The van der Waals surface area contributed by atoms with Gasteiger partial charge in [-0.3, -0.25) is 4.79 Å². The molecule has 6 heteroatoms. The van der Waals surface area contributed by atoms with Gasteiger partial charge in [-0.25, -0.2) is 4.79 Å². The average molecular weight is 327 g/mol. The molecule has 0 radical (unpaired) electrons. The predicted molar refractivity (Wildman–Crippen MR) is 87.8 cm³/mol. The van der Waals surface area contributed by atoms with Crippen molar-refractivity contribution in [3.05, 3.63) is 53.6 Å². The average Bonchev–Trinajstić information content (AvgIpc) is 2.62. The van der Waals surface area contributed by atoms with E-state index in [9.17, 15) is 9.59 Å². The van der Waals surface area contributed by atoms with Crippen molar-refractivity contribution in [3.63, 3.8) is 0 Å². The number of fused-ring (bicyclic) bond motifs is 1. The highest BCUT2D eigenvalue weighted by Gasteiger charge is 2.15. The second-order valence-electron chi connectivity index (χ2n) is 5.11. The van der Waals surface area contributed by atoms with Crippen molar-refractivity contribution in [2.75, 3.05) is 25.1 Å². The molecule has 0 aromatic heterocycles. The summed E-state index contributed by atoms with van der Waals surface area (Å²) in [6.07, 6.45) is 0. The van der Waals surface area contributed by atoms with Gasteiger partial charge in [0, 0.05) is 11.3 Å². The summed E-state index contributed by atoms with van der Waals surface area (Å²) in [5.74, 6) is 0.543. The van der Waals surface area contributed by atoms with Crippen LogP contribution < -0.4 is 14.8 Å². The Labute approximate surface area is 139 Å². The Morgan fingerprint density at radius 3 is 2.38 bits per heavy atom.